The van der Waals surface area contributed by atoms with Gasteiger partial charge >= 0.3 is 0 Å². The molecule has 0 saturated carbocycles. The molecule has 27 heavy (non-hydrogen) atoms. The number of pyridine rings is 1. The largest absolute Gasteiger partial charge is 0.487 e. The predicted molar refractivity (Wildman–Crippen MR) is 98.4 cm³/mol. The first-order valence-corrected chi connectivity index (χ1v) is 8.16. The molecule has 2 aromatic carbocycles. The van der Waals surface area contributed by atoms with Crippen molar-refractivity contribution in [3.63, 3.8) is 0 Å². The minimum Gasteiger partial charge on any atom is -0.487 e. The van der Waals surface area contributed by atoms with Gasteiger partial charge in [0.2, 0.25) is 5.91 Å². The smallest absolute Gasteiger partial charge is 0.248 e. The first kappa shape index (κ1) is 18.1. The first-order chi connectivity index (χ1) is 13.0. The summed E-state index contributed by atoms with van der Waals surface area (Å²) in [7, 11) is 0. The van der Waals surface area contributed by atoms with E-state index in [1.807, 2.05) is 31.2 Å². The summed E-state index contributed by atoms with van der Waals surface area (Å²) in [4.78, 5) is 15.6. The molecule has 0 aliphatic heterocycles. The van der Waals surface area contributed by atoms with Crippen molar-refractivity contribution in [3.8, 4) is 22.9 Å². The molecule has 0 unspecified atom stereocenters. The Morgan fingerprint density at radius 1 is 1.19 bits per heavy atom. The van der Waals surface area contributed by atoms with Crippen LogP contribution in [0, 0.1) is 24.1 Å². The third-order valence-electron chi connectivity index (χ3n) is 4.09. The Kier molecular flexibility index (Phi) is 5.13. The number of nitrogens with two attached hydrogens (primary N) is 1. The van der Waals surface area contributed by atoms with Crippen LogP contribution >= 0.6 is 0 Å². The molecule has 0 spiro atoms. The van der Waals surface area contributed by atoms with E-state index in [4.69, 9.17) is 15.7 Å². The van der Waals surface area contributed by atoms with E-state index < -0.39 is 11.7 Å². The number of nitriles is 1. The Hall–Kier alpha value is -3.72. The number of rotatable bonds is 5. The van der Waals surface area contributed by atoms with Crippen molar-refractivity contribution in [2.75, 3.05) is 0 Å². The summed E-state index contributed by atoms with van der Waals surface area (Å²) in [6.45, 7) is 1.98. The predicted octanol–water partition coefficient (Wildman–Crippen LogP) is 3.75. The lowest BCUT2D eigenvalue weighted by molar-refractivity contribution is 0.0999. The second kappa shape index (κ2) is 7.67. The molecule has 134 valence electrons. The molecule has 0 fully saturated rings. The summed E-state index contributed by atoms with van der Waals surface area (Å²) in [6.07, 6.45) is 1.66. The average Bonchev–Trinajstić information content (AvgIpc) is 2.66. The maximum Gasteiger partial charge on any atom is 0.248 e. The van der Waals surface area contributed by atoms with Crippen LogP contribution in [0.25, 0.3) is 11.1 Å². The summed E-state index contributed by atoms with van der Waals surface area (Å²) >= 11 is 0. The van der Waals surface area contributed by atoms with Crippen LogP contribution in [0.15, 0.2) is 54.7 Å². The van der Waals surface area contributed by atoms with Crippen molar-refractivity contribution in [2.24, 2.45) is 5.73 Å². The molecule has 3 rings (SSSR count). The van der Waals surface area contributed by atoms with Crippen LogP contribution in [-0.4, -0.2) is 10.9 Å². The van der Waals surface area contributed by atoms with Crippen molar-refractivity contribution in [1.82, 2.24) is 4.98 Å². The highest BCUT2D eigenvalue weighted by Gasteiger charge is 2.08. The fourth-order valence-corrected chi connectivity index (χ4v) is 2.69. The minimum atomic E-state index is -0.623. The lowest BCUT2D eigenvalue weighted by Gasteiger charge is -2.09. The summed E-state index contributed by atoms with van der Waals surface area (Å²) in [5.41, 5.74) is 9.08. The van der Waals surface area contributed by atoms with Crippen molar-refractivity contribution in [1.29, 1.82) is 5.26 Å². The molecule has 0 bridgehead atoms. The molecular weight excluding hydrogens is 345 g/mol. The fourth-order valence-electron chi connectivity index (χ4n) is 2.69. The number of halogens is 1. The molecule has 0 radical (unpaired) electrons. The molecule has 0 aliphatic carbocycles. The lowest BCUT2D eigenvalue weighted by Crippen LogP contribution is -2.12. The minimum absolute atomic E-state index is 0.0303. The monoisotopic (exact) mass is 361 g/mol. The SMILES string of the molecule is Cc1cc(-c2ccnc(COc3ccc(C#N)c(F)c3)c2)ccc1C(N)=O. The number of aromatic nitrogens is 1. The molecule has 2 N–H and O–H groups in total. The molecule has 6 heteroatoms. The van der Waals surface area contributed by atoms with Gasteiger partial charge in [-0.15, -0.1) is 0 Å². The number of ether oxygens (including phenoxy) is 1. The maximum absolute atomic E-state index is 13.6. The summed E-state index contributed by atoms with van der Waals surface area (Å²) in [6, 6.07) is 15.0. The molecule has 0 aliphatic rings. The van der Waals surface area contributed by atoms with Crippen molar-refractivity contribution >= 4 is 5.91 Å². The highest BCUT2D eigenvalue weighted by atomic mass is 19.1. The normalized spacial score (nSPS) is 10.3. The number of hydrogen-bond donors (Lipinski definition) is 1. The number of nitrogens with zero attached hydrogens (tertiary/aromatic N) is 2. The number of carbonyl (C=O) groups excluding carboxylic acids is 1. The Balaban J connectivity index is 1.78. The van der Waals surface area contributed by atoms with Crippen LogP contribution in [-0.2, 0) is 6.61 Å². The number of hydrogen-bond acceptors (Lipinski definition) is 4. The second-order valence-electron chi connectivity index (χ2n) is 5.97. The number of primary amides is 1. The van der Waals surface area contributed by atoms with Gasteiger partial charge in [-0.1, -0.05) is 12.1 Å². The Morgan fingerprint density at radius 3 is 2.63 bits per heavy atom. The van der Waals surface area contributed by atoms with E-state index in [1.165, 1.54) is 18.2 Å². The van der Waals surface area contributed by atoms with E-state index in [1.54, 1.807) is 18.3 Å². The van der Waals surface area contributed by atoms with Crippen LogP contribution in [0.1, 0.15) is 27.2 Å². The molecule has 1 aromatic heterocycles. The zero-order valence-electron chi connectivity index (χ0n) is 14.6. The quantitative estimate of drug-likeness (QED) is 0.749. The van der Waals surface area contributed by atoms with Crippen LogP contribution in [0.4, 0.5) is 4.39 Å². The van der Waals surface area contributed by atoms with Gasteiger partial charge in [-0.2, -0.15) is 5.26 Å². The Labute approximate surface area is 155 Å². The van der Waals surface area contributed by atoms with Crippen LogP contribution < -0.4 is 10.5 Å². The molecule has 3 aromatic rings. The first-order valence-electron chi connectivity index (χ1n) is 8.16. The third-order valence-corrected chi connectivity index (χ3v) is 4.09. The summed E-state index contributed by atoms with van der Waals surface area (Å²) < 4.78 is 19.2. The zero-order chi connectivity index (χ0) is 19.4. The second-order valence-corrected chi connectivity index (χ2v) is 5.97. The van der Waals surface area contributed by atoms with Gasteiger partial charge in [-0.25, -0.2) is 4.39 Å². The fraction of sp³-hybridized carbons (Fsp3) is 0.0952. The molecule has 0 saturated heterocycles. The maximum atomic E-state index is 13.6. The van der Waals surface area contributed by atoms with E-state index in [0.717, 1.165) is 16.7 Å². The van der Waals surface area contributed by atoms with E-state index in [-0.39, 0.29) is 12.2 Å². The molecule has 1 amide bonds. The topological polar surface area (TPSA) is 89.0 Å². The van der Waals surface area contributed by atoms with Gasteiger partial charge < -0.3 is 10.5 Å². The number of carbonyl (C=O) groups is 1. The molecule has 1 heterocycles. The summed E-state index contributed by atoms with van der Waals surface area (Å²) in [5.74, 6) is -0.764. The zero-order valence-corrected chi connectivity index (χ0v) is 14.6. The van der Waals surface area contributed by atoms with E-state index in [2.05, 4.69) is 4.98 Å². The van der Waals surface area contributed by atoms with Gasteiger partial charge in [0.15, 0.2) is 0 Å². The standard InChI is InChI=1S/C21H16FN3O2/c1-13-8-14(3-5-19(13)21(24)26)15-6-7-25-17(9-15)12-27-18-4-2-16(11-23)20(22)10-18/h2-10H,12H2,1H3,(H2,24,26). The van der Waals surface area contributed by atoms with Crippen LogP contribution in [0.5, 0.6) is 5.75 Å². The van der Waals surface area contributed by atoms with Gasteiger partial charge in [-0.3, -0.25) is 9.78 Å². The summed E-state index contributed by atoms with van der Waals surface area (Å²) in [5, 5.41) is 8.76. The van der Waals surface area contributed by atoms with Gasteiger partial charge in [-0.05, 0) is 53.9 Å². The average molecular weight is 361 g/mol. The molecule has 5 nitrogen and oxygen atoms in total. The van der Waals surface area contributed by atoms with Crippen molar-refractivity contribution in [2.45, 2.75) is 13.5 Å². The Morgan fingerprint density at radius 2 is 1.96 bits per heavy atom. The lowest BCUT2D eigenvalue weighted by atomic mass is 10.00. The number of aryl methyl sites for hydroxylation is 1. The van der Waals surface area contributed by atoms with Crippen LogP contribution in [0.2, 0.25) is 0 Å². The van der Waals surface area contributed by atoms with E-state index in [0.29, 0.717) is 17.0 Å². The van der Waals surface area contributed by atoms with Gasteiger partial charge in [0.25, 0.3) is 0 Å². The Bertz CT molecular complexity index is 1060. The highest BCUT2D eigenvalue weighted by Crippen LogP contribution is 2.23. The van der Waals surface area contributed by atoms with Gasteiger partial charge in [0, 0.05) is 17.8 Å². The van der Waals surface area contributed by atoms with Crippen LogP contribution in [0.3, 0.4) is 0 Å². The van der Waals surface area contributed by atoms with Gasteiger partial charge in [0.1, 0.15) is 24.2 Å². The van der Waals surface area contributed by atoms with Crippen molar-refractivity contribution in [3.05, 3.63) is 82.9 Å². The molecule has 0 atom stereocenters. The van der Waals surface area contributed by atoms with Gasteiger partial charge in [0.05, 0.1) is 11.3 Å². The van der Waals surface area contributed by atoms with E-state index in [9.17, 15) is 9.18 Å². The van der Waals surface area contributed by atoms with E-state index >= 15 is 0 Å². The number of benzene rings is 2. The number of amides is 1. The third kappa shape index (κ3) is 4.10. The molecular formula is C21H16FN3O2. The van der Waals surface area contributed by atoms with Crippen molar-refractivity contribution < 1.29 is 13.9 Å². The highest BCUT2D eigenvalue weighted by molar-refractivity contribution is 5.94.